The van der Waals surface area contributed by atoms with Crippen molar-refractivity contribution in [3.05, 3.63) is 35.4 Å². The van der Waals surface area contributed by atoms with Gasteiger partial charge >= 0.3 is 0 Å². The first-order valence-electron chi connectivity index (χ1n) is 8.67. The zero-order chi connectivity index (χ0) is 16.9. The first kappa shape index (κ1) is 16.9. The van der Waals surface area contributed by atoms with Crippen LogP contribution in [-0.2, 0) is 16.1 Å². The lowest BCUT2D eigenvalue weighted by Crippen LogP contribution is -2.55. The Balaban J connectivity index is 1.75. The summed E-state index contributed by atoms with van der Waals surface area (Å²) in [5, 5.41) is 0. The highest BCUT2D eigenvalue weighted by molar-refractivity contribution is 5.97. The van der Waals surface area contributed by atoms with E-state index >= 15 is 0 Å². The number of morpholine rings is 1. The molecule has 0 bridgehead atoms. The van der Waals surface area contributed by atoms with Crippen LogP contribution in [0.15, 0.2) is 24.3 Å². The van der Waals surface area contributed by atoms with Gasteiger partial charge in [-0.15, -0.1) is 0 Å². The molecule has 0 saturated carbocycles. The molecular formula is C18H25N3O3. The summed E-state index contributed by atoms with van der Waals surface area (Å²) in [7, 11) is 0. The molecule has 2 amide bonds. The molecule has 2 saturated heterocycles. The Morgan fingerprint density at radius 1 is 1.08 bits per heavy atom. The summed E-state index contributed by atoms with van der Waals surface area (Å²) in [6.45, 7) is 3.47. The maximum absolute atomic E-state index is 12.9. The minimum Gasteiger partial charge on any atom is -0.378 e. The average molecular weight is 331 g/mol. The summed E-state index contributed by atoms with van der Waals surface area (Å²) >= 11 is 0. The normalized spacial score (nSPS) is 21.6. The zero-order valence-electron chi connectivity index (χ0n) is 13.9. The standard InChI is InChI=1S/C18H25N3O3/c19-13-14-4-6-15(7-5-14)17(22)21-8-2-1-3-16(21)18(23)20-9-11-24-12-10-20/h4-7,16H,1-3,8-13,19H2. The fraction of sp³-hybridized carbons (Fsp3) is 0.556. The van der Waals surface area contributed by atoms with Crippen LogP contribution in [0.2, 0.25) is 0 Å². The van der Waals surface area contributed by atoms with Gasteiger partial charge in [-0.05, 0) is 37.0 Å². The summed E-state index contributed by atoms with van der Waals surface area (Å²) in [5.41, 5.74) is 7.22. The molecule has 1 aromatic carbocycles. The van der Waals surface area contributed by atoms with Gasteiger partial charge in [0.1, 0.15) is 6.04 Å². The van der Waals surface area contributed by atoms with Gasteiger partial charge in [-0.2, -0.15) is 0 Å². The molecule has 24 heavy (non-hydrogen) atoms. The molecule has 3 rings (SSSR count). The summed E-state index contributed by atoms with van der Waals surface area (Å²) in [4.78, 5) is 29.3. The van der Waals surface area contributed by atoms with Gasteiger partial charge in [0.15, 0.2) is 0 Å². The van der Waals surface area contributed by atoms with Gasteiger partial charge in [0.25, 0.3) is 5.91 Å². The molecule has 130 valence electrons. The predicted molar refractivity (Wildman–Crippen MR) is 90.4 cm³/mol. The third-order valence-corrected chi connectivity index (χ3v) is 4.81. The second-order valence-corrected chi connectivity index (χ2v) is 6.35. The summed E-state index contributed by atoms with van der Waals surface area (Å²) in [5.74, 6) is -0.00481. The second-order valence-electron chi connectivity index (χ2n) is 6.35. The van der Waals surface area contributed by atoms with E-state index in [9.17, 15) is 9.59 Å². The van der Waals surface area contributed by atoms with E-state index in [-0.39, 0.29) is 17.9 Å². The van der Waals surface area contributed by atoms with Crippen molar-refractivity contribution in [1.29, 1.82) is 0 Å². The van der Waals surface area contributed by atoms with Crippen molar-refractivity contribution >= 4 is 11.8 Å². The van der Waals surface area contributed by atoms with Gasteiger partial charge in [-0.25, -0.2) is 0 Å². The van der Waals surface area contributed by atoms with E-state index in [0.717, 1.165) is 24.8 Å². The maximum atomic E-state index is 12.9. The first-order valence-corrected chi connectivity index (χ1v) is 8.67. The Hall–Kier alpha value is -1.92. The zero-order valence-corrected chi connectivity index (χ0v) is 13.9. The third kappa shape index (κ3) is 3.60. The molecule has 6 heteroatoms. The highest BCUT2D eigenvalue weighted by Gasteiger charge is 2.35. The molecule has 1 atom stereocenters. The third-order valence-electron chi connectivity index (χ3n) is 4.81. The van der Waals surface area contributed by atoms with E-state index in [2.05, 4.69) is 0 Å². The number of likely N-dealkylation sites (tertiary alicyclic amines) is 1. The molecule has 2 aliphatic rings. The Bertz CT molecular complexity index is 582. The molecule has 0 spiro atoms. The molecule has 0 radical (unpaired) electrons. The van der Waals surface area contributed by atoms with Crippen molar-refractivity contribution in [1.82, 2.24) is 9.80 Å². The first-order chi connectivity index (χ1) is 11.7. The Morgan fingerprint density at radius 2 is 1.79 bits per heavy atom. The lowest BCUT2D eigenvalue weighted by Gasteiger charge is -2.38. The topological polar surface area (TPSA) is 75.9 Å². The minimum atomic E-state index is -0.349. The van der Waals surface area contributed by atoms with Crippen molar-refractivity contribution < 1.29 is 14.3 Å². The minimum absolute atomic E-state index is 0.0601. The van der Waals surface area contributed by atoms with Crippen LogP contribution in [0.1, 0.15) is 35.2 Å². The van der Waals surface area contributed by atoms with Gasteiger partial charge in [-0.3, -0.25) is 9.59 Å². The molecule has 1 unspecified atom stereocenters. The fourth-order valence-electron chi connectivity index (χ4n) is 3.38. The van der Waals surface area contributed by atoms with E-state index < -0.39 is 0 Å². The number of carbonyl (C=O) groups excluding carboxylic acids is 2. The molecule has 2 fully saturated rings. The Labute approximate surface area is 142 Å². The summed E-state index contributed by atoms with van der Waals surface area (Å²) in [6, 6.07) is 7.00. The highest BCUT2D eigenvalue weighted by Crippen LogP contribution is 2.22. The van der Waals surface area contributed by atoms with Crippen molar-refractivity contribution in [2.75, 3.05) is 32.8 Å². The number of ether oxygens (including phenoxy) is 1. The average Bonchev–Trinajstić information content (AvgIpc) is 2.67. The molecule has 6 nitrogen and oxygen atoms in total. The van der Waals surface area contributed by atoms with Crippen LogP contribution in [0, 0.1) is 0 Å². The van der Waals surface area contributed by atoms with Gasteiger partial charge in [0.05, 0.1) is 13.2 Å². The monoisotopic (exact) mass is 331 g/mol. The largest absolute Gasteiger partial charge is 0.378 e. The van der Waals surface area contributed by atoms with Crippen LogP contribution >= 0.6 is 0 Å². The summed E-state index contributed by atoms with van der Waals surface area (Å²) < 4.78 is 5.32. The van der Waals surface area contributed by atoms with Crippen molar-refractivity contribution in [2.45, 2.75) is 31.8 Å². The molecule has 1 aromatic rings. The SMILES string of the molecule is NCc1ccc(C(=O)N2CCCCC2C(=O)N2CCOCC2)cc1. The number of benzene rings is 1. The number of hydrogen-bond acceptors (Lipinski definition) is 4. The van der Waals surface area contributed by atoms with Crippen LogP contribution in [0.4, 0.5) is 0 Å². The number of rotatable bonds is 3. The van der Waals surface area contributed by atoms with E-state index in [0.29, 0.717) is 45.0 Å². The van der Waals surface area contributed by atoms with Gasteiger partial charge < -0.3 is 20.3 Å². The molecule has 0 aromatic heterocycles. The number of carbonyl (C=O) groups is 2. The number of nitrogens with zero attached hydrogens (tertiary/aromatic N) is 2. The van der Waals surface area contributed by atoms with E-state index in [4.69, 9.17) is 10.5 Å². The smallest absolute Gasteiger partial charge is 0.254 e. The quantitative estimate of drug-likeness (QED) is 0.896. The van der Waals surface area contributed by atoms with E-state index in [1.807, 2.05) is 17.0 Å². The molecular weight excluding hydrogens is 306 g/mol. The number of amides is 2. The number of nitrogens with two attached hydrogens (primary N) is 1. The van der Waals surface area contributed by atoms with Crippen molar-refractivity contribution in [2.24, 2.45) is 5.73 Å². The van der Waals surface area contributed by atoms with E-state index in [1.165, 1.54) is 0 Å². The Kier molecular flexibility index (Phi) is 5.48. The number of piperidine rings is 1. The molecule has 0 aliphatic carbocycles. The van der Waals surface area contributed by atoms with Crippen LogP contribution < -0.4 is 5.73 Å². The van der Waals surface area contributed by atoms with Crippen molar-refractivity contribution in [3.8, 4) is 0 Å². The van der Waals surface area contributed by atoms with Crippen LogP contribution in [0.5, 0.6) is 0 Å². The highest BCUT2D eigenvalue weighted by atomic mass is 16.5. The predicted octanol–water partition coefficient (Wildman–Crippen LogP) is 0.999. The lowest BCUT2D eigenvalue weighted by molar-refractivity contribution is -0.141. The van der Waals surface area contributed by atoms with Gasteiger partial charge in [-0.1, -0.05) is 12.1 Å². The molecule has 2 heterocycles. The second kappa shape index (κ2) is 7.77. The maximum Gasteiger partial charge on any atom is 0.254 e. The fourth-order valence-corrected chi connectivity index (χ4v) is 3.38. The lowest BCUT2D eigenvalue weighted by atomic mass is 9.99. The van der Waals surface area contributed by atoms with Gasteiger partial charge in [0.2, 0.25) is 5.91 Å². The van der Waals surface area contributed by atoms with Crippen LogP contribution in [0.25, 0.3) is 0 Å². The molecule has 2 N–H and O–H groups in total. The van der Waals surface area contributed by atoms with Gasteiger partial charge in [0, 0.05) is 31.7 Å². The van der Waals surface area contributed by atoms with Crippen LogP contribution in [-0.4, -0.2) is 60.5 Å². The van der Waals surface area contributed by atoms with Crippen molar-refractivity contribution in [3.63, 3.8) is 0 Å². The Morgan fingerprint density at radius 3 is 2.46 bits per heavy atom. The molecule has 2 aliphatic heterocycles. The number of hydrogen-bond donors (Lipinski definition) is 1. The summed E-state index contributed by atoms with van der Waals surface area (Å²) in [6.07, 6.45) is 2.67. The van der Waals surface area contributed by atoms with E-state index in [1.54, 1.807) is 17.0 Å². The van der Waals surface area contributed by atoms with Crippen LogP contribution in [0.3, 0.4) is 0 Å².